The molecule has 232 valence electrons. The van der Waals surface area contributed by atoms with Gasteiger partial charge >= 0.3 is 12.1 Å². The first-order chi connectivity index (χ1) is 21.6. The number of likely N-dealkylation sites (tertiary alicyclic amines) is 1. The maximum Gasteiger partial charge on any atom is 0.413 e. The molecule has 10 heteroatoms. The van der Waals surface area contributed by atoms with Gasteiger partial charge in [0.2, 0.25) is 11.8 Å². The zero-order valence-corrected chi connectivity index (χ0v) is 26.2. The van der Waals surface area contributed by atoms with Crippen molar-refractivity contribution in [1.29, 1.82) is 0 Å². The first kappa shape index (κ1) is 31.6. The van der Waals surface area contributed by atoms with Gasteiger partial charge in [-0.25, -0.2) is 14.6 Å². The molecule has 1 aliphatic heterocycles. The quantitative estimate of drug-likeness (QED) is 0.161. The van der Waals surface area contributed by atoms with Crippen LogP contribution in [0, 0.1) is 5.92 Å². The molecule has 2 heterocycles. The van der Waals surface area contributed by atoms with Crippen LogP contribution in [-0.2, 0) is 36.9 Å². The van der Waals surface area contributed by atoms with Gasteiger partial charge in [0.1, 0.15) is 18.2 Å². The fraction of sp³-hybridized carbons (Fsp3) is 0.286. The molecule has 3 amide bonds. The molecule has 1 aromatic heterocycles. The summed E-state index contributed by atoms with van der Waals surface area (Å²) in [6.45, 7) is 5.29. The van der Waals surface area contributed by atoms with Gasteiger partial charge in [0.05, 0.1) is 5.92 Å². The van der Waals surface area contributed by atoms with Gasteiger partial charge in [-0.1, -0.05) is 91.0 Å². The topological polar surface area (TPSA) is 115 Å². The van der Waals surface area contributed by atoms with Gasteiger partial charge in [0, 0.05) is 23.4 Å². The van der Waals surface area contributed by atoms with Gasteiger partial charge < -0.3 is 9.47 Å². The number of carbonyl (C=O) groups is 4. The highest BCUT2D eigenvalue weighted by atomic mass is 32.1. The smallest absolute Gasteiger partial charge is 0.413 e. The first-order valence-electron chi connectivity index (χ1n) is 14.7. The van der Waals surface area contributed by atoms with Crippen LogP contribution in [0.3, 0.4) is 0 Å². The number of benzene rings is 3. The molecule has 0 radical (unpaired) electrons. The lowest BCUT2D eigenvalue weighted by molar-refractivity contribution is -0.180. The number of hydrogen-bond acceptors (Lipinski definition) is 8. The van der Waals surface area contributed by atoms with Crippen LogP contribution in [0.15, 0.2) is 97.2 Å². The second-order valence-electron chi connectivity index (χ2n) is 11.8. The number of esters is 1. The van der Waals surface area contributed by atoms with E-state index < -0.39 is 41.4 Å². The molecular weight excluding hydrogens is 590 g/mol. The van der Waals surface area contributed by atoms with Crippen molar-refractivity contribution in [3.05, 3.63) is 119 Å². The molecule has 0 spiro atoms. The molecule has 1 fully saturated rings. The van der Waals surface area contributed by atoms with Crippen LogP contribution in [-0.4, -0.2) is 45.4 Å². The molecule has 45 heavy (non-hydrogen) atoms. The second kappa shape index (κ2) is 13.9. The average molecular weight is 626 g/mol. The summed E-state index contributed by atoms with van der Waals surface area (Å²) in [5.41, 5.74) is 1.98. The Balaban J connectivity index is 1.35. The van der Waals surface area contributed by atoms with Crippen molar-refractivity contribution in [3.8, 4) is 0 Å². The summed E-state index contributed by atoms with van der Waals surface area (Å²) in [7, 11) is 0. The number of amides is 3. The molecule has 0 aliphatic carbocycles. The highest BCUT2D eigenvalue weighted by Gasteiger charge is 2.55. The monoisotopic (exact) mass is 625 g/mol. The molecule has 4 aromatic rings. The summed E-state index contributed by atoms with van der Waals surface area (Å²) in [5.74, 6) is -2.68. The Morgan fingerprint density at radius 1 is 0.911 bits per heavy atom. The minimum Gasteiger partial charge on any atom is -0.459 e. The lowest BCUT2D eigenvalue weighted by Crippen LogP contribution is -2.67. The third-order valence-electron chi connectivity index (χ3n) is 7.31. The molecule has 0 bridgehead atoms. The second-order valence-corrected chi connectivity index (χ2v) is 12.9. The van der Waals surface area contributed by atoms with E-state index in [2.05, 4.69) is 10.3 Å². The van der Waals surface area contributed by atoms with E-state index in [4.69, 9.17) is 9.47 Å². The van der Waals surface area contributed by atoms with Gasteiger partial charge in [-0.2, -0.15) is 0 Å². The maximum absolute atomic E-state index is 13.8. The van der Waals surface area contributed by atoms with E-state index in [1.54, 1.807) is 27.0 Å². The number of thiazole rings is 1. The SMILES string of the molecule is CC(C)(C)OC(=O)Nc1ncc(C[C@H]2C(=O)N(C(=O)CC(c3ccccc3)c3ccccc3)[C@@H]2C(=O)OCc2ccccc2)s1. The van der Waals surface area contributed by atoms with E-state index >= 15 is 0 Å². The molecule has 5 rings (SSSR count). The predicted molar refractivity (Wildman–Crippen MR) is 170 cm³/mol. The predicted octanol–water partition coefficient (Wildman–Crippen LogP) is 6.35. The standard InChI is InChI=1S/C35H35N3O6S/c1-35(2,3)44-34(42)37-33-36-21-26(45-33)19-28-30(32(41)43-22-23-13-7-4-8-14-23)38(31(28)40)29(39)20-27(24-15-9-5-10-16-24)25-17-11-6-12-18-25/h4-18,21,27-28,30H,19-20,22H2,1-3H3,(H,36,37,42)/t28-,30+/m1/s1. The Kier molecular flexibility index (Phi) is 9.73. The summed E-state index contributed by atoms with van der Waals surface area (Å²) in [6, 6.07) is 27.4. The van der Waals surface area contributed by atoms with Gasteiger partial charge in [-0.15, -0.1) is 11.3 Å². The summed E-state index contributed by atoms with van der Waals surface area (Å²) in [5, 5.41) is 2.90. The molecular formula is C35H35N3O6S. The molecule has 1 N–H and O–H groups in total. The van der Waals surface area contributed by atoms with E-state index in [1.165, 1.54) is 11.3 Å². The Morgan fingerprint density at radius 2 is 1.49 bits per heavy atom. The minimum absolute atomic E-state index is 0.000530. The molecule has 9 nitrogen and oxygen atoms in total. The lowest BCUT2D eigenvalue weighted by Gasteiger charge is -2.44. The van der Waals surface area contributed by atoms with E-state index in [-0.39, 0.29) is 25.4 Å². The van der Waals surface area contributed by atoms with Crippen LogP contribution in [0.5, 0.6) is 0 Å². The van der Waals surface area contributed by atoms with E-state index in [1.807, 2.05) is 91.0 Å². The number of anilines is 1. The van der Waals surface area contributed by atoms with Crippen LogP contribution in [0.2, 0.25) is 0 Å². The fourth-order valence-electron chi connectivity index (χ4n) is 5.25. The Morgan fingerprint density at radius 3 is 2.07 bits per heavy atom. The summed E-state index contributed by atoms with van der Waals surface area (Å²) in [6.07, 6.45) is 1.05. The first-order valence-corrected chi connectivity index (χ1v) is 15.5. The number of carbonyl (C=O) groups excluding carboxylic acids is 4. The summed E-state index contributed by atoms with van der Waals surface area (Å²) in [4.78, 5) is 59.1. The minimum atomic E-state index is -1.09. The normalized spacial score (nSPS) is 16.2. The molecule has 3 aromatic carbocycles. The molecule has 0 unspecified atom stereocenters. The third-order valence-corrected chi connectivity index (χ3v) is 8.25. The van der Waals surface area contributed by atoms with Crippen molar-refractivity contribution in [2.45, 2.75) is 57.8 Å². The Hall–Kier alpha value is -4.83. The van der Waals surface area contributed by atoms with Crippen molar-refractivity contribution in [3.63, 3.8) is 0 Å². The molecule has 1 saturated heterocycles. The van der Waals surface area contributed by atoms with Gasteiger partial charge in [0.15, 0.2) is 5.13 Å². The molecule has 2 atom stereocenters. The van der Waals surface area contributed by atoms with Crippen LogP contribution in [0.1, 0.15) is 54.7 Å². The van der Waals surface area contributed by atoms with Gasteiger partial charge in [-0.05, 0) is 43.9 Å². The summed E-state index contributed by atoms with van der Waals surface area (Å²) < 4.78 is 10.9. The van der Waals surface area contributed by atoms with E-state index in [0.717, 1.165) is 21.6 Å². The number of nitrogens with one attached hydrogen (secondary N) is 1. The maximum atomic E-state index is 13.8. The van der Waals surface area contributed by atoms with Gasteiger partial charge in [0.25, 0.3) is 0 Å². The number of β-lactam (4-membered cyclic amide) rings is 1. The highest BCUT2D eigenvalue weighted by molar-refractivity contribution is 7.15. The zero-order chi connectivity index (χ0) is 32.0. The van der Waals surface area contributed by atoms with Crippen molar-refractivity contribution < 1.29 is 28.7 Å². The number of imide groups is 1. The number of rotatable bonds is 10. The van der Waals surface area contributed by atoms with Crippen molar-refractivity contribution in [1.82, 2.24) is 9.88 Å². The Labute approximate surface area is 266 Å². The molecule has 0 saturated carbocycles. The molecule has 1 aliphatic rings. The fourth-order valence-corrected chi connectivity index (χ4v) is 6.10. The van der Waals surface area contributed by atoms with Crippen LogP contribution in [0.4, 0.5) is 9.93 Å². The number of hydrogen-bond donors (Lipinski definition) is 1. The highest BCUT2D eigenvalue weighted by Crippen LogP contribution is 2.36. The Bertz CT molecular complexity index is 1600. The summed E-state index contributed by atoms with van der Waals surface area (Å²) >= 11 is 1.17. The average Bonchev–Trinajstić information content (AvgIpc) is 3.46. The lowest BCUT2D eigenvalue weighted by atomic mass is 9.82. The third kappa shape index (κ3) is 8.02. The van der Waals surface area contributed by atoms with Crippen LogP contribution >= 0.6 is 11.3 Å². The largest absolute Gasteiger partial charge is 0.459 e. The van der Waals surface area contributed by atoms with Gasteiger partial charge in [-0.3, -0.25) is 19.8 Å². The van der Waals surface area contributed by atoms with E-state index in [0.29, 0.717) is 10.0 Å². The zero-order valence-electron chi connectivity index (χ0n) is 25.3. The van der Waals surface area contributed by atoms with Crippen LogP contribution in [0.25, 0.3) is 0 Å². The van der Waals surface area contributed by atoms with Crippen molar-refractivity contribution in [2.24, 2.45) is 5.92 Å². The van der Waals surface area contributed by atoms with E-state index in [9.17, 15) is 19.2 Å². The number of nitrogens with zero attached hydrogens (tertiary/aromatic N) is 2. The van der Waals surface area contributed by atoms with Crippen LogP contribution < -0.4 is 5.32 Å². The number of ether oxygens (including phenoxy) is 2. The van der Waals surface area contributed by atoms with Crippen molar-refractivity contribution >= 4 is 40.3 Å². The number of aromatic nitrogens is 1. The van der Waals surface area contributed by atoms with Crippen molar-refractivity contribution in [2.75, 3.05) is 5.32 Å².